The molecule has 0 spiro atoms. The minimum Gasteiger partial charge on any atom is -0.232 e. The molecule has 0 aliphatic heterocycles. The van der Waals surface area contributed by atoms with Crippen LogP contribution in [0.4, 0.5) is 0 Å². The Kier molecular flexibility index (Phi) is 10.8. The number of hydrogen-bond acceptors (Lipinski definition) is 0. The molecule has 1 aliphatic rings. The van der Waals surface area contributed by atoms with Crippen molar-refractivity contribution in [3.05, 3.63) is 294 Å². The summed E-state index contributed by atoms with van der Waals surface area (Å²) in [5.41, 5.74) is 17.6. The molecule has 0 atom stereocenters. The molecular weight excluding hydrogens is 833 g/mol. The molecule has 69 heavy (non-hydrogen) atoms. The lowest BCUT2D eigenvalue weighted by Crippen LogP contribution is -2.47. The number of aromatic nitrogens is 2. The van der Waals surface area contributed by atoms with E-state index in [0.29, 0.717) is 0 Å². The zero-order chi connectivity index (χ0) is 46.4. The van der Waals surface area contributed by atoms with Crippen molar-refractivity contribution >= 4 is 21.5 Å². The van der Waals surface area contributed by atoms with Crippen LogP contribution in [0.1, 0.15) is 58.6 Å². The third-order valence-electron chi connectivity index (χ3n) is 15.3. The van der Waals surface area contributed by atoms with Crippen LogP contribution in [0.2, 0.25) is 0 Å². The van der Waals surface area contributed by atoms with Gasteiger partial charge in [0.25, 0.3) is 0 Å². The van der Waals surface area contributed by atoms with E-state index in [-0.39, 0.29) is 10.8 Å². The SMILES string of the molecule is CC(Cn1c[n+](CC(C)(c2ccccc2)c2ccccc2)c2c1Cc1c(-c3ccccc3)cc3ccccc3c1-c1c(c(-c3ccccc3)cc3ccccc13)C2)(c1ccccc1)c1ccccc1. The van der Waals surface area contributed by atoms with Crippen molar-refractivity contribution in [1.29, 1.82) is 0 Å². The number of benzene rings is 10. The molecule has 1 aliphatic carbocycles. The average molecular weight is 888 g/mol. The van der Waals surface area contributed by atoms with Crippen LogP contribution in [0.15, 0.2) is 249 Å². The molecule has 10 aromatic carbocycles. The van der Waals surface area contributed by atoms with Crippen molar-refractivity contribution in [3.63, 3.8) is 0 Å². The second-order valence-electron chi connectivity index (χ2n) is 19.5. The molecule has 2 heteroatoms. The maximum Gasteiger partial charge on any atom is 0.244 e. The number of nitrogens with zero attached hydrogens (tertiary/aromatic N) is 2. The summed E-state index contributed by atoms with van der Waals surface area (Å²) >= 11 is 0. The first-order chi connectivity index (χ1) is 34.0. The first kappa shape index (κ1) is 42.3. The zero-order valence-electron chi connectivity index (χ0n) is 39.4. The minimum atomic E-state index is -0.352. The third-order valence-corrected chi connectivity index (χ3v) is 15.3. The molecule has 1 heterocycles. The fraction of sp³-hybridized carbons (Fsp3) is 0.119. The van der Waals surface area contributed by atoms with Crippen LogP contribution in [-0.2, 0) is 36.8 Å². The van der Waals surface area contributed by atoms with Gasteiger partial charge >= 0.3 is 0 Å². The molecule has 332 valence electrons. The smallest absolute Gasteiger partial charge is 0.232 e. The molecule has 0 saturated carbocycles. The van der Waals surface area contributed by atoms with E-state index in [1.54, 1.807) is 0 Å². The van der Waals surface area contributed by atoms with Crippen LogP contribution in [0.5, 0.6) is 0 Å². The Balaban J connectivity index is 1.22. The highest BCUT2D eigenvalue weighted by Crippen LogP contribution is 2.49. The highest BCUT2D eigenvalue weighted by atomic mass is 15.2. The topological polar surface area (TPSA) is 8.81 Å². The minimum absolute atomic E-state index is 0.352. The molecule has 0 radical (unpaired) electrons. The van der Waals surface area contributed by atoms with Gasteiger partial charge in [-0.25, -0.2) is 9.13 Å². The maximum absolute atomic E-state index is 2.66. The molecule has 11 aromatic rings. The van der Waals surface area contributed by atoms with Crippen molar-refractivity contribution in [2.75, 3.05) is 0 Å². The van der Waals surface area contributed by atoms with E-state index in [0.717, 1.165) is 25.9 Å². The van der Waals surface area contributed by atoms with E-state index in [1.165, 1.54) is 99.7 Å². The van der Waals surface area contributed by atoms with E-state index in [2.05, 4.69) is 272 Å². The van der Waals surface area contributed by atoms with Gasteiger partial charge in [-0.05, 0) is 114 Å². The first-order valence-corrected chi connectivity index (χ1v) is 24.5. The van der Waals surface area contributed by atoms with E-state index in [1.807, 2.05) is 0 Å². The zero-order valence-corrected chi connectivity index (χ0v) is 39.4. The monoisotopic (exact) mass is 887 g/mol. The number of rotatable bonds is 10. The van der Waals surface area contributed by atoms with Crippen LogP contribution < -0.4 is 4.57 Å². The number of hydrogen-bond donors (Lipinski definition) is 0. The van der Waals surface area contributed by atoms with Crippen LogP contribution in [0, 0.1) is 0 Å². The molecule has 0 amide bonds. The van der Waals surface area contributed by atoms with Crippen molar-refractivity contribution in [2.24, 2.45) is 0 Å². The molecule has 12 rings (SSSR count). The molecule has 0 saturated heterocycles. The van der Waals surface area contributed by atoms with Crippen LogP contribution in [0.25, 0.3) is 54.9 Å². The van der Waals surface area contributed by atoms with E-state index in [9.17, 15) is 0 Å². The molecule has 1 aromatic heterocycles. The maximum atomic E-state index is 2.66. The standard InChI is InChI=1S/C67H55N2/c1-66(52-31-13-5-14-32-52,53-33-15-6-16-34-53)45-68-47-69(46-67(2,54-35-17-7-18-36-54)55-37-19-8-20-38-55)63-44-61-59(49-27-11-4-12-28-49)42-51-30-22-24-40-57(51)65(61)64-56-39-23-21-29-50(56)41-58(60(64)43-62(63)68)48-25-9-3-10-26-48/h3-42,47H,43-46H2,1-2H3/q+1. The summed E-state index contributed by atoms with van der Waals surface area (Å²) in [6, 6.07) is 90.1. The van der Waals surface area contributed by atoms with Gasteiger partial charge in [0, 0.05) is 12.8 Å². The molecule has 0 fully saturated rings. The van der Waals surface area contributed by atoms with Crippen LogP contribution in [-0.4, -0.2) is 4.57 Å². The number of imidazole rings is 1. The van der Waals surface area contributed by atoms with Crippen molar-refractivity contribution in [3.8, 4) is 33.4 Å². The summed E-state index contributed by atoms with van der Waals surface area (Å²) in [5.74, 6) is 0. The first-order valence-electron chi connectivity index (χ1n) is 24.5. The van der Waals surface area contributed by atoms with Crippen LogP contribution in [0.3, 0.4) is 0 Å². The van der Waals surface area contributed by atoms with E-state index >= 15 is 0 Å². The molecule has 0 unspecified atom stereocenters. The highest BCUT2D eigenvalue weighted by molar-refractivity contribution is 6.12. The van der Waals surface area contributed by atoms with Crippen molar-refractivity contribution < 1.29 is 4.57 Å². The van der Waals surface area contributed by atoms with Gasteiger partial charge in [0.15, 0.2) is 11.4 Å². The third kappa shape index (κ3) is 7.48. The van der Waals surface area contributed by atoms with Crippen molar-refractivity contribution in [2.45, 2.75) is 50.6 Å². The van der Waals surface area contributed by atoms with Gasteiger partial charge in [-0.15, -0.1) is 0 Å². The molecular formula is C67H55N2+. The second kappa shape index (κ2) is 17.5. The predicted molar refractivity (Wildman–Crippen MR) is 287 cm³/mol. The summed E-state index contributed by atoms with van der Waals surface area (Å²) in [7, 11) is 0. The largest absolute Gasteiger partial charge is 0.244 e. The van der Waals surface area contributed by atoms with E-state index < -0.39 is 0 Å². The summed E-state index contributed by atoms with van der Waals surface area (Å²) in [6.07, 6.45) is 4.00. The lowest BCUT2D eigenvalue weighted by molar-refractivity contribution is -0.709. The van der Waals surface area contributed by atoms with Crippen LogP contribution >= 0.6 is 0 Å². The Bertz CT molecular complexity index is 3280. The van der Waals surface area contributed by atoms with Gasteiger partial charge in [-0.2, -0.15) is 0 Å². The molecule has 0 bridgehead atoms. The van der Waals surface area contributed by atoms with Gasteiger partial charge in [-0.1, -0.05) is 231 Å². The average Bonchev–Trinajstić information content (AvgIpc) is 3.71. The Hall–Kier alpha value is -8.07. The second-order valence-corrected chi connectivity index (χ2v) is 19.5. The van der Waals surface area contributed by atoms with Gasteiger partial charge in [0.05, 0.1) is 10.8 Å². The van der Waals surface area contributed by atoms with E-state index in [4.69, 9.17) is 0 Å². The quantitative estimate of drug-likeness (QED) is 0.121. The fourth-order valence-electron chi connectivity index (χ4n) is 11.7. The summed E-state index contributed by atoms with van der Waals surface area (Å²) < 4.78 is 5.32. The molecule has 2 nitrogen and oxygen atoms in total. The van der Waals surface area contributed by atoms with Crippen molar-refractivity contribution in [1.82, 2.24) is 4.57 Å². The van der Waals surface area contributed by atoms with Gasteiger partial charge in [0.1, 0.15) is 13.1 Å². The predicted octanol–water partition coefficient (Wildman–Crippen LogP) is 15.6. The normalized spacial score (nSPS) is 12.5. The summed E-state index contributed by atoms with van der Waals surface area (Å²) in [4.78, 5) is 0. The lowest BCUT2D eigenvalue weighted by atomic mass is 9.75. The van der Waals surface area contributed by atoms with Gasteiger partial charge in [0.2, 0.25) is 6.33 Å². The summed E-state index contributed by atoms with van der Waals surface area (Å²) in [6.45, 7) is 6.40. The Labute approximate surface area is 406 Å². The number of fused-ring (bicyclic) bond motifs is 8. The fourth-order valence-corrected chi connectivity index (χ4v) is 11.7. The molecule has 0 N–H and O–H groups in total. The Morgan fingerprint density at radius 1 is 0.406 bits per heavy atom. The lowest BCUT2D eigenvalue weighted by Gasteiger charge is -2.30. The Morgan fingerprint density at radius 3 is 1.20 bits per heavy atom. The van der Waals surface area contributed by atoms with Gasteiger partial charge in [-0.3, -0.25) is 0 Å². The van der Waals surface area contributed by atoms with Gasteiger partial charge < -0.3 is 0 Å². The summed E-state index contributed by atoms with van der Waals surface area (Å²) in [5, 5.41) is 5.09. The highest BCUT2D eigenvalue weighted by Gasteiger charge is 2.40. The Morgan fingerprint density at radius 2 is 0.768 bits per heavy atom.